The first-order valence-electron chi connectivity index (χ1n) is 7.28. The van der Waals surface area contributed by atoms with E-state index >= 15 is 0 Å². The van der Waals surface area contributed by atoms with Crippen LogP contribution in [0, 0.1) is 11.2 Å². The maximum Gasteiger partial charge on any atom is 0.247 e. The molecule has 2 aliphatic rings. The Morgan fingerprint density at radius 3 is 2.67 bits per heavy atom. The number of anilines is 2. The van der Waals surface area contributed by atoms with Gasteiger partial charge in [0.15, 0.2) is 0 Å². The lowest BCUT2D eigenvalue weighted by Crippen LogP contribution is -2.39. The van der Waals surface area contributed by atoms with Crippen LogP contribution < -0.4 is 10.6 Å². The summed E-state index contributed by atoms with van der Waals surface area (Å²) in [5.74, 6) is -1.87. The van der Waals surface area contributed by atoms with E-state index in [4.69, 9.17) is 0 Å². The van der Waals surface area contributed by atoms with E-state index in [1.807, 2.05) is 0 Å². The summed E-state index contributed by atoms with van der Waals surface area (Å²) in [6, 6.07) is 3.74. The fourth-order valence-corrected chi connectivity index (χ4v) is 5.09. The molecule has 2 amide bonds. The monoisotopic (exact) mass is 353 g/mol. The third-order valence-corrected chi connectivity index (χ3v) is 6.34. The van der Waals surface area contributed by atoms with E-state index in [2.05, 4.69) is 17.2 Å². The zero-order chi connectivity index (χ0) is 17.5. The summed E-state index contributed by atoms with van der Waals surface area (Å²) in [6.07, 6.45) is 1.46. The van der Waals surface area contributed by atoms with Crippen molar-refractivity contribution in [1.29, 1.82) is 0 Å². The van der Waals surface area contributed by atoms with Gasteiger partial charge in [0, 0.05) is 18.8 Å². The zero-order valence-corrected chi connectivity index (χ0v) is 13.5. The predicted octanol–water partition coefficient (Wildman–Crippen LogP) is 0.924. The Morgan fingerprint density at radius 1 is 1.33 bits per heavy atom. The Labute approximate surface area is 138 Å². The number of sulfonamides is 1. The predicted molar refractivity (Wildman–Crippen MR) is 86.3 cm³/mol. The van der Waals surface area contributed by atoms with E-state index in [0.29, 0.717) is 13.0 Å². The summed E-state index contributed by atoms with van der Waals surface area (Å²) in [4.78, 5) is 23.9. The summed E-state index contributed by atoms with van der Waals surface area (Å²) >= 11 is 0. The molecular weight excluding hydrogens is 337 g/mol. The number of hydrogen-bond acceptors (Lipinski definition) is 4. The molecule has 0 spiro atoms. The van der Waals surface area contributed by atoms with E-state index in [1.54, 1.807) is 0 Å². The highest BCUT2D eigenvalue weighted by Crippen LogP contribution is 2.42. The average Bonchev–Trinajstić information content (AvgIpc) is 3.06. The highest BCUT2D eigenvalue weighted by molar-refractivity contribution is 7.89. The van der Waals surface area contributed by atoms with E-state index in [9.17, 15) is 22.4 Å². The largest absolute Gasteiger partial charge is 0.325 e. The second-order valence-corrected chi connectivity index (χ2v) is 7.93. The Kier molecular flexibility index (Phi) is 3.92. The van der Waals surface area contributed by atoms with Gasteiger partial charge in [-0.3, -0.25) is 9.59 Å². The van der Waals surface area contributed by atoms with Crippen molar-refractivity contribution in [2.45, 2.75) is 6.42 Å². The van der Waals surface area contributed by atoms with Gasteiger partial charge >= 0.3 is 0 Å². The number of nitrogens with zero attached hydrogens (tertiary/aromatic N) is 1. The summed E-state index contributed by atoms with van der Waals surface area (Å²) in [5, 5.41) is 4.93. The molecule has 0 aliphatic carbocycles. The summed E-state index contributed by atoms with van der Waals surface area (Å²) in [6.45, 7) is 3.78. The molecule has 2 aliphatic heterocycles. The molecule has 2 saturated heterocycles. The van der Waals surface area contributed by atoms with Gasteiger partial charge in [-0.25, -0.2) is 17.1 Å². The SMILES string of the molecule is C=CC(=O)Nc1cc(NC(=O)C23CCN(C2)S(=O)(=O)C3)ccc1F. The van der Waals surface area contributed by atoms with Gasteiger partial charge in [0.2, 0.25) is 21.8 Å². The lowest BCUT2D eigenvalue weighted by Gasteiger charge is -2.23. The first-order chi connectivity index (χ1) is 11.3. The lowest BCUT2D eigenvalue weighted by atomic mass is 9.88. The second-order valence-electron chi connectivity index (χ2n) is 5.96. The van der Waals surface area contributed by atoms with Crippen molar-refractivity contribution in [3.05, 3.63) is 36.7 Å². The number of fused-ring (bicyclic) bond motifs is 2. The molecule has 128 valence electrons. The molecule has 2 atom stereocenters. The normalized spacial score (nSPS) is 26.8. The maximum atomic E-state index is 13.7. The Bertz CT molecular complexity index is 839. The number of rotatable bonds is 4. The molecule has 2 N–H and O–H groups in total. The van der Waals surface area contributed by atoms with Crippen molar-refractivity contribution >= 4 is 33.2 Å². The van der Waals surface area contributed by atoms with Crippen LogP contribution in [0.5, 0.6) is 0 Å². The van der Waals surface area contributed by atoms with E-state index in [0.717, 1.165) is 12.1 Å². The highest BCUT2D eigenvalue weighted by Gasteiger charge is 2.57. The molecule has 2 unspecified atom stereocenters. The van der Waals surface area contributed by atoms with E-state index < -0.39 is 33.1 Å². The number of halogens is 1. The molecule has 2 heterocycles. The number of carbonyl (C=O) groups excluding carboxylic acids is 2. The van der Waals surface area contributed by atoms with Gasteiger partial charge in [0.05, 0.1) is 16.9 Å². The first kappa shape index (κ1) is 16.6. The van der Waals surface area contributed by atoms with Crippen molar-refractivity contribution < 1.29 is 22.4 Å². The Balaban J connectivity index is 1.79. The van der Waals surface area contributed by atoms with Crippen LogP contribution in [0.3, 0.4) is 0 Å². The fourth-order valence-electron chi connectivity index (χ4n) is 3.03. The standard InChI is InChI=1S/C15H16FN3O4S/c1-2-13(20)18-12-7-10(3-4-11(12)16)17-14(21)15-5-6-19(8-15)24(22,23)9-15/h2-4,7H,1,5-6,8-9H2,(H,17,21)(H,18,20). The second kappa shape index (κ2) is 5.67. The van der Waals surface area contributed by atoms with Gasteiger partial charge in [0.25, 0.3) is 0 Å². The molecular formula is C15H16FN3O4S. The van der Waals surface area contributed by atoms with Crippen LogP contribution in [0.2, 0.25) is 0 Å². The van der Waals surface area contributed by atoms with Crippen LogP contribution >= 0.6 is 0 Å². The van der Waals surface area contributed by atoms with Crippen LogP contribution in [0.4, 0.5) is 15.8 Å². The molecule has 2 fully saturated rings. The number of nitrogens with one attached hydrogen (secondary N) is 2. The molecule has 0 aromatic heterocycles. The van der Waals surface area contributed by atoms with Crippen LogP contribution in [-0.2, 0) is 19.6 Å². The maximum absolute atomic E-state index is 13.7. The molecule has 7 nitrogen and oxygen atoms in total. The van der Waals surface area contributed by atoms with E-state index in [-0.39, 0.29) is 23.7 Å². The molecule has 1 aromatic carbocycles. The average molecular weight is 353 g/mol. The summed E-state index contributed by atoms with van der Waals surface area (Å²) in [5.41, 5.74) is -0.794. The van der Waals surface area contributed by atoms with Crippen molar-refractivity contribution in [2.75, 3.05) is 29.5 Å². The highest BCUT2D eigenvalue weighted by atomic mass is 32.2. The zero-order valence-electron chi connectivity index (χ0n) is 12.7. The van der Waals surface area contributed by atoms with Crippen molar-refractivity contribution in [1.82, 2.24) is 4.31 Å². The van der Waals surface area contributed by atoms with Gasteiger partial charge in [-0.2, -0.15) is 0 Å². The molecule has 2 bridgehead atoms. The minimum absolute atomic E-state index is 0.0951. The molecule has 1 aromatic rings. The smallest absolute Gasteiger partial charge is 0.247 e. The fraction of sp³-hybridized carbons (Fsp3) is 0.333. The van der Waals surface area contributed by atoms with Crippen LogP contribution in [0.25, 0.3) is 0 Å². The number of amides is 2. The quantitative estimate of drug-likeness (QED) is 0.787. The van der Waals surface area contributed by atoms with Crippen LogP contribution in [0.1, 0.15) is 6.42 Å². The minimum atomic E-state index is -3.37. The van der Waals surface area contributed by atoms with Gasteiger partial charge in [-0.05, 0) is 30.7 Å². The third kappa shape index (κ3) is 2.80. The molecule has 24 heavy (non-hydrogen) atoms. The van der Waals surface area contributed by atoms with Crippen LogP contribution in [0.15, 0.2) is 30.9 Å². The number of hydrogen-bond donors (Lipinski definition) is 2. The van der Waals surface area contributed by atoms with Crippen LogP contribution in [-0.4, -0.2) is 43.4 Å². The van der Waals surface area contributed by atoms with Crippen molar-refractivity contribution in [3.63, 3.8) is 0 Å². The molecule has 3 rings (SSSR count). The first-order valence-corrected chi connectivity index (χ1v) is 8.89. The molecule has 0 radical (unpaired) electrons. The number of benzene rings is 1. The lowest BCUT2D eigenvalue weighted by molar-refractivity contribution is -0.123. The van der Waals surface area contributed by atoms with Gasteiger partial charge in [0.1, 0.15) is 5.82 Å². The summed E-state index contributed by atoms with van der Waals surface area (Å²) in [7, 11) is -3.37. The minimum Gasteiger partial charge on any atom is -0.325 e. The van der Waals surface area contributed by atoms with Gasteiger partial charge < -0.3 is 10.6 Å². The van der Waals surface area contributed by atoms with Crippen molar-refractivity contribution in [3.8, 4) is 0 Å². The van der Waals surface area contributed by atoms with Gasteiger partial charge in [-0.15, -0.1) is 0 Å². The Hall–Kier alpha value is -2.26. The van der Waals surface area contributed by atoms with Gasteiger partial charge in [-0.1, -0.05) is 6.58 Å². The topological polar surface area (TPSA) is 95.6 Å². The molecule has 0 saturated carbocycles. The summed E-state index contributed by atoms with van der Waals surface area (Å²) < 4.78 is 38.8. The molecule has 9 heteroatoms. The van der Waals surface area contributed by atoms with Crippen molar-refractivity contribution in [2.24, 2.45) is 5.41 Å². The third-order valence-electron chi connectivity index (χ3n) is 4.32. The Morgan fingerprint density at radius 2 is 2.08 bits per heavy atom. The number of carbonyl (C=O) groups is 2. The van der Waals surface area contributed by atoms with E-state index in [1.165, 1.54) is 16.4 Å².